The third-order valence-electron chi connectivity index (χ3n) is 2.31. The van der Waals surface area contributed by atoms with Crippen LogP contribution in [0.25, 0.3) is 0 Å². The van der Waals surface area contributed by atoms with Crippen molar-refractivity contribution in [3.8, 4) is 0 Å². The maximum Gasteiger partial charge on any atom is 0.333 e. The largest absolute Gasteiger partial charge is 0.383 e. The van der Waals surface area contributed by atoms with Gasteiger partial charge in [-0.15, -0.1) is 0 Å². The summed E-state index contributed by atoms with van der Waals surface area (Å²) < 4.78 is 6.55. The van der Waals surface area contributed by atoms with Crippen LogP contribution in [0, 0.1) is 17.0 Å². The zero-order valence-electron chi connectivity index (χ0n) is 10.4. The van der Waals surface area contributed by atoms with E-state index in [-0.39, 0.29) is 5.69 Å². The van der Waals surface area contributed by atoms with Crippen LogP contribution in [0.2, 0.25) is 0 Å². The van der Waals surface area contributed by atoms with E-state index < -0.39 is 4.92 Å². The highest BCUT2D eigenvalue weighted by Crippen LogP contribution is 2.28. The fourth-order valence-electron chi connectivity index (χ4n) is 1.61. The highest BCUT2D eigenvalue weighted by atomic mass is 16.6. The Kier molecular flexibility index (Phi) is 4.89. The van der Waals surface area contributed by atoms with Crippen molar-refractivity contribution in [1.29, 1.82) is 0 Å². The van der Waals surface area contributed by atoms with E-state index in [0.29, 0.717) is 31.2 Å². The number of nitrogens with one attached hydrogen (secondary N) is 1. The van der Waals surface area contributed by atoms with Crippen molar-refractivity contribution < 1.29 is 9.66 Å². The summed E-state index contributed by atoms with van der Waals surface area (Å²) in [7, 11) is 1.59. The van der Waals surface area contributed by atoms with E-state index in [4.69, 9.17) is 4.74 Å². The molecule has 0 amide bonds. The molecule has 7 heteroatoms. The molecular formula is C10H18N4O3. The first kappa shape index (κ1) is 13.4. The van der Waals surface area contributed by atoms with Gasteiger partial charge in [0.15, 0.2) is 0 Å². The quantitative estimate of drug-likeness (QED) is 0.446. The Hall–Kier alpha value is -1.63. The number of methoxy groups -OCH3 is 1. The molecular weight excluding hydrogens is 224 g/mol. The molecule has 0 saturated carbocycles. The lowest BCUT2D eigenvalue weighted by atomic mass is 10.4. The van der Waals surface area contributed by atoms with E-state index >= 15 is 0 Å². The van der Waals surface area contributed by atoms with Crippen molar-refractivity contribution in [2.24, 2.45) is 0 Å². The monoisotopic (exact) mass is 242 g/mol. The minimum absolute atomic E-state index is 0.0505. The fraction of sp³-hybridized carbons (Fsp3) is 0.700. The normalized spacial score (nSPS) is 10.5. The lowest BCUT2D eigenvalue weighted by molar-refractivity contribution is -0.384. The first-order chi connectivity index (χ1) is 8.11. The number of rotatable bonds is 7. The summed E-state index contributed by atoms with van der Waals surface area (Å²) >= 11 is 0. The lowest BCUT2D eigenvalue weighted by Crippen LogP contribution is -2.13. The highest BCUT2D eigenvalue weighted by molar-refractivity contribution is 5.59. The fourth-order valence-corrected chi connectivity index (χ4v) is 1.61. The Balaban J connectivity index is 2.98. The van der Waals surface area contributed by atoms with Crippen LogP contribution in [0.5, 0.6) is 0 Å². The summed E-state index contributed by atoms with van der Waals surface area (Å²) in [5, 5.41) is 18.1. The Morgan fingerprint density at radius 2 is 2.29 bits per heavy atom. The summed E-state index contributed by atoms with van der Waals surface area (Å²) in [5.41, 5.74) is 0.484. The highest BCUT2D eigenvalue weighted by Gasteiger charge is 2.24. The van der Waals surface area contributed by atoms with Crippen molar-refractivity contribution >= 4 is 11.5 Å². The molecule has 0 aliphatic heterocycles. The molecule has 0 aliphatic carbocycles. The van der Waals surface area contributed by atoms with Gasteiger partial charge in [-0.3, -0.25) is 10.1 Å². The van der Waals surface area contributed by atoms with Gasteiger partial charge in [0.1, 0.15) is 5.69 Å². The molecule has 0 saturated heterocycles. The van der Waals surface area contributed by atoms with Crippen LogP contribution in [0.1, 0.15) is 19.0 Å². The van der Waals surface area contributed by atoms with E-state index in [1.807, 2.05) is 6.92 Å². The first-order valence-corrected chi connectivity index (χ1v) is 5.56. The topological polar surface area (TPSA) is 82.2 Å². The molecule has 17 heavy (non-hydrogen) atoms. The Morgan fingerprint density at radius 3 is 2.82 bits per heavy atom. The number of ether oxygens (including phenoxy) is 1. The molecule has 0 fully saturated rings. The molecule has 0 atom stereocenters. The second kappa shape index (κ2) is 6.19. The molecule has 1 aromatic rings. The Labute approximate surface area is 99.9 Å². The van der Waals surface area contributed by atoms with Crippen molar-refractivity contribution in [3.05, 3.63) is 15.8 Å². The van der Waals surface area contributed by atoms with Gasteiger partial charge in [0.05, 0.1) is 11.5 Å². The Morgan fingerprint density at radius 1 is 1.59 bits per heavy atom. The van der Waals surface area contributed by atoms with Crippen LogP contribution in [0.3, 0.4) is 0 Å². The Bertz CT molecular complexity index is 389. The van der Waals surface area contributed by atoms with Crippen LogP contribution in [-0.2, 0) is 11.3 Å². The molecule has 1 N–H and O–H groups in total. The third-order valence-corrected chi connectivity index (χ3v) is 2.31. The van der Waals surface area contributed by atoms with E-state index in [2.05, 4.69) is 10.4 Å². The van der Waals surface area contributed by atoms with Crippen LogP contribution in [0.4, 0.5) is 11.5 Å². The maximum absolute atomic E-state index is 11.0. The predicted molar refractivity (Wildman–Crippen MR) is 64.3 cm³/mol. The van der Waals surface area contributed by atoms with Crippen molar-refractivity contribution in [2.75, 3.05) is 25.6 Å². The molecule has 0 radical (unpaired) electrons. The van der Waals surface area contributed by atoms with Crippen LogP contribution in [0.15, 0.2) is 0 Å². The SMILES string of the molecule is CCCn1nc(C)c([N+](=O)[O-])c1NCCOC. The van der Waals surface area contributed by atoms with Gasteiger partial charge in [0, 0.05) is 20.2 Å². The number of nitrogens with zero attached hydrogens (tertiary/aromatic N) is 3. The van der Waals surface area contributed by atoms with Crippen molar-refractivity contribution in [2.45, 2.75) is 26.8 Å². The van der Waals surface area contributed by atoms with Crippen molar-refractivity contribution in [3.63, 3.8) is 0 Å². The van der Waals surface area contributed by atoms with Gasteiger partial charge in [0.25, 0.3) is 0 Å². The first-order valence-electron chi connectivity index (χ1n) is 5.56. The minimum Gasteiger partial charge on any atom is -0.383 e. The average molecular weight is 242 g/mol. The zero-order valence-corrected chi connectivity index (χ0v) is 10.4. The summed E-state index contributed by atoms with van der Waals surface area (Å²) in [6, 6.07) is 0. The lowest BCUT2D eigenvalue weighted by Gasteiger charge is -2.07. The summed E-state index contributed by atoms with van der Waals surface area (Å²) in [6.07, 6.45) is 0.872. The number of aromatic nitrogens is 2. The molecule has 0 unspecified atom stereocenters. The molecule has 0 aromatic carbocycles. The van der Waals surface area contributed by atoms with Gasteiger partial charge in [0.2, 0.25) is 5.82 Å². The van der Waals surface area contributed by atoms with E-state index in [0.717, 1.165) is 6.42 Å². The minimum atomic E-state index is -0.399. The standard InChI is InChI=1S/C10H18N4O3/c1-4-6-13-10(11-5-7-17-3)9(14(15)16)8(2)12-13/h11H,4-7H2,1-3H3. The predicted octanol–water partition coefficient (Wildman–Crippen LogP) is 1.57. The average Bonchev–Trinajstić information content (AvgIpc) is 2.56. The van der Waals surface area contributed by atoms with Gasteiger partial charge in [-0.25, -0.2) is 4.68 Å². The van der Waals surface area contributed by atoms with Crippen LogP contribution in [-0.4, -0.2) is 35.0 Å². The molecule has 0 aliphatic rings. The number of hydrogen-bond acceptors (Lipinski definition) is 5. The molecule has 0 bridgehead atoms. The summed E-state index contributed by atoms with van der Waals surface area (Å²) in [4.78, 5) is 10.6. The van der Waals surface area contributed by atoms with Crippen molar-refractivity contribution in [1.82, 2.24) is 9.78 Å². The third kappa shape index (κ3) is 3.16. The van der Waals surface area contributed by atoms with E-state index in [1.54, 1.807) is 18.7 Å². The summed E-state index contributed by atoms with van der Waals surface area (Å²) in [5.74, 6) is 0.464. The number of hydrogen-bond donors (Lipinski definition) is 1. The van der Waals surface area contributed by atoms with Gasteiger partial charge < -0.3 is 10.1 Å². The van der Waals surface area contributed by atoms with Gasteiger partial charge in [-0.1, -0.05) is 6.92 Å². The van der Waals surface area contributed by atoms with Gasteiger partial charge in [-0.2, -0.15) is 5.10 Å². The van der Waals surface area contributed by atoms with Crippen LogP contribution >= 0.6 is 0 Å². The number of anilines is 1. The van der Waals surface area contributed by atoms with Gasteiger partial charge in [-0.05, 0) is 13.3 Å². The second-order valence-corrected chi connectivity index (χ2v) is 3.68. The summed E-state index contributed by atoms with van der Waals surface area (Å²) in [6.45, 7) is 5.32. The smallest absolute Gasteiger partial charge is 0.333 e. The maximum atomic E-state index is 11.0. The molecule has 1 rings (SSSR count). The number of nitro groups is 1. The van der Waals surface area contributed by atoms with E-state index in [9.17, 15) is 10.1 Å². The molecule has 96 valence electrons. The molecule has 1 aromatic heterocycles. The second-order valence-electron chi connectivity index (χ2n) is 3.68. The number of aryl methyl sites for hydroxylation is 2. The molecule has 0 spiro atoms. The molecule has 1 heterocycles. The van der Waals surface area contributed by atoms with Gasteiger partial charge >= 0.3 is 5.69 Å². The van der Waals surface area contributed by atoms with E-state index in [1.165, 1.54) is 0 Å². The molecule has 7 nitrogen and oxygen atoms in total. The zero-order chi connectivity index (χ0) is 12.8. The van der Waals surface area contributed by atoms with Crippen LogP contribution < -0.4 is 5.32 Å².